The second-order valence-electron chi connectivity index (χ2n) is 4.68. The molecule has 0 radical (unpaired) electrons. The summed E-state index contributed by atoms with van der Waals surface area (Å²) in [5.74, 6) is -0.00437. The highest BCUT2D eigenvalue weighted by Gasteiger charge is 2.07. The Morgan fingerprint density at radius 1 is 1.22 bits per heavy atom. The Bertz CT molecular complexity index is 729. The second-order valence-corrected chi connectivity index (χ2v) is 5.11. The topological polar surface area (TPSA) is 91.2 Å². The highest BCUT2D eigenvalue weighted by Crippen LogP contribution is 2.22. The van der Waals surface area contributed by atoms with Crippen molar-refractivity contribution in [3.05, 3.63) is 53.1 Å². The predicted molar refractivity (Wildman–Crippen MR) is 87.1 cm³/mol. The van der Waals surface area contributed by atoms with Gasteiger partial charge in [-0.1, -0.05) is 11.6 Å². The van der Waals surface area contributed by atoms with Crippen LogP contribution >= 0.6 is 11.6 Å². The van der Waals surface area contributed by atoms with Crippen molar-refractivity contribution in [3.8, 4) is 17.2 Å². The highest BCUT2D eigenvalue weighted by molar-refractivity contribution is 6.30. The van der Waals surface area contributed by atoms with Crippen LogP contribution in [0.2, 0.25) is 5.02 Å². The minimum atomic E-state index is -0.459. The summed E-state index contributed by atoms with van der Waals surface area (Å²) in [6.07, 6.45) is 0. The van der Waals surface area contributed by atoms with Crippen LogP contribution in [-0.4, -0.2) is 28.4 Å². The number of rotatable bonds is 5. The fraction of sp³-hybridized carbons (Fsp3) is 0.125. The molecule has 0 spiro atoms. The molecule has 0 unspecified atom stereocenters. The zero-order chi connectivity index (χ0) is 16.8. The fourth-order valence-corrected chi connectivity index (χ4v) is 1.86. The molecule has 2 aromatic rings. The molecular weight excluding hydrogens is 320 g/mol. The molecule has 1 amide bonds. The van der Waals surface area contributed by atoms with Gasteiger partial charge in [-0.15, -0.1) is 0 Å². The first-order chi connectivity index (χ1) is 11.0. The Morgan fingerprint density at radius 2 is 1.91 bits per heavy atom. The number of nitrogens with one attached hydrogen (secondary N) is 1. The third kappa shape index (κ3) is 4.89. The van der Waals surface area contributed by atoms with Crippen molar-refractivity contribution < 1.29 is 19.7 Å². The Balaban J connectivity index is 1.92. The third-order valence-corrected chi connectivity index (χ3v) is 3.15. The molecular formula is C16H15ClN2O4. The van der Waals surface area contributed by atoms with E-state index < -0.39 is 5.91 Å². The van der Waals surface area contributed by atoms with Gasteiger partial charge in [-0.2, -0.15) is 5.10 Å². The summed E-state index contributed by atoms with van der Waals surface area (Å²) in [6.45, 7) is 1.37. The molecule has 2 rings (SSSR count). The van der Waals surface area contributed by atoms with Crippen LogP contribution in [-0.2, 0) is 4.79 Å². The summed E-state index contributed by atoms with van der Waals surface area (Å²) in [7, 11) is 0. The number of ether oxygens (including phenoxy) is 1. The molecule has 7 heteroatoms. The first kappa shape index (κ1) is 16.6. The predicted octanol–water partition coefficient (Wildman–Crippen LogP) is 2.67. The summed E-state index contributed by atoms with van der Waals surface area (Å²) in [5, 5.41) is 23.6. The molecule has 0 aliphatic rings. The van der Waals surface area contributed by atoms with Gasteiger partial charge in [-0.05, 0) is 49.4 Å². The lowest BCUT2D eigenvalue weighted by molar-refractivity contribution is -0.123. The standard InChI is InChI=1S/C16H15ClN2O4/c1-10(14-8-12(20)4-7-15(14)21)18-19-16(22)9-23-13-5-2-11(17)3-6-13/h2-8,20-21H,9H2,1H3,(H,19,22). The quantitative estimate of drug-likeness (QED) is 0.445. The molecule has 120 valence electrons. The molecule has 0 bridgehead atoms. The number of phenolic OH excluding ortho intramolecular Hbond substituents is 2. The Hall–Kier alpha value is -2.73. The van der Waals surface area contributed by atoms with E-state index >= 15 is 0 Å². The number of hydrogen-bond acceptors (Lipinski definition) is 5. The number of amides is 1. The molecule has 3 N–H and O–H groups in total. The normalized spacial score (nSPS) is 11.1. The van der Waals surface area contributed by atoms with Gasteiger partial charge in [-0.25, -0.2) is 5.43 Å². The maximum absolute atomic E-state index is 11.7. The van der Waals surface area contributed by atoms with Crippen molar-refractivity contribution in [3.63, 3.8) is 0 Å². The SMILES string of the molecule is CC(=NNC(=O)COc1ccc(Cl)cc1)c1cc(O)ccc1O. The van der Waals surface area contributed by atoms with Crippen molar-refractivity contribution in [1.29, 1.82) is 0 Å². The van der Waals surface area contributed by atoms with E-state index in [0.29, 0.717) is 22.0 Å². The monoisotopic (exact) mass is 334 g/mol. The highest BCUT2D eigenvalue weighted by atomic mass is 35.5. The summed E-state index contributed by atoms with van der Waals surface area (Å²) in [6, 6.07) is 10.7. The number of benzene rings is 2. The summed E-state index contributed by atoms with van der Waals surface area (Å²) in [4.78, 5) is 11.7. The smallest absolute Gasteiger partial charge is 0.277 e. The van der Waals surface area contributed by atoms with Gasteiger partial charge in [-0.3, -0.25) is 4.79 Å². The van der Waals surface area contributed by atoms with Crippen molar-refractivity contribution in [1.82, 2.24) is 5.43 Å². The molecule has 6 nitrogen and oxygen atoms in total. The number of carbonyl (C=O) groups excluding carboxylic acids is 1. The average Bonchev–Trinajstić information content (AvgIpc) is 2.54. The minimum absolute atomic E-state index is 0.00949. The Morgan fingerprint density at radius 3 is 2.61 bits per heavy atom. The fourth-order valence-electron chi connectivity index (χ4n) is 1.73. The molecule has 23 heavy (non-hydrogen) atoms. The van der Waals surface area contributed by atoms with E-state index in [9.17, 15) is 15.0 Å². The number of aromatic hydroxyl groups is 2. The molecule has 0 aliphatic carbocycles. The van der Waals surface area contributed by atoms with Gasteiger partial charge in [0.05, 0.1) is 5.71 Å². The lowest BCUT2D eigenvalue weighted by atomic mass is 10.1. The molecule has 0 saturated carbocycles. The minimum Gasteiger partial charge on any atom is -0.508 e. The Labute approximate surface area is 138 Å². The van der Waals surface area contributed by atoms with Gasteiger partial charge >= 0.3 is 0 Å². The van der Waals surface area contributed by atoms with E-state index in [1.165, 1.54) is 18.2 Å². The van der Waals surface area contributed by atoms with Gasteiger partial charge in [0.25, 0.3) is 5.91 Å². The maximum atomic E-state index is 11.7. The number of carbonyl (C=O) groups is 1. The van der Waals surface area contributed by atoms with Gasteiger partial charge in [0.2, 0.25) is 0 Å². The summed E-state index contributed by atoms with van der Waals surface area (Å²) in [5.41, 5.74) is 2.98. The number of nitrogens with zero attached hydrogens (tertiary/aromatic N) is 1. The van der Waals surface area contributed by atoms with Crippen molar-refractivity contribution >= 4 is 23.2 Å². The molecule has 0 aliphatic heterocycles. The first-order valence-corrected chi connectivity index (χ1v) is 7.07. The zero-order valence-electron chi connectivity index (χ0n) is 12.3. The van der Waals surface area contributed by atoms with E-state index in [1.54, 1.807) is 31.2 Å². The van der Waals surface area contributed by atoms with Crippen molar-refractivity contribution in [2.45, 2.75) is 6.92 Å². The number of phenols is 2. The van der Waals surface area contributed by atoms with E-state index in [-0.39, 0.29) is 18.1 Å². The number of halogens is 1. The maximum Gasteiger partial charge on any atom is 0.277 e. The molecule has 0 saturated heterocycles. The zero-order valence-corrected chi connectivity index (χ0v) is 13.0. The van der Waals surface area contributed by atoms with E-state index in [4.69, 9.17) is 16.3 Å². The van der Waals surface area contributed by atoms with Crippen LogP contribution in [0.25, 0.3) is 0 Å². The second kappa shape index (κ2) is 7.51. The van der Waals surface area contributed by atoms with Crippen molar-refractivity contribution in [2.75, 3.05) is 6.61 Å². The van der Waals surface area contributed by atoms with Gasteiger partial charge < -0.3 is 14.9 Å². The number of hydrogen-bond donors (Lipinski definition) is 3. The molecule has 0 aromatic heterocycles. The lowest BCUT2D eigenvalue weighted by Gasteiger charge is -2.07. The van der Waals surface area contributed by atoms with E-state index in [2.05, 4.69) is 10.5 Å². The van der Waals surface area contributed by atoms with E-state index in [0.717, 1.165) is 0 Å². The van der Waals surface area contributed by atoms with Crippen LogP contribution in [0.3, 0.4) is 0 Å². The summed E-state index contributed by atoms with van der Waals surface area (Å²) < 4.78 is 5.27. The van der Waals surface area contributed by atoms with Gasteiger partial charge in [0.1, 0.15) is 17.2 Å². The average molecular weight is 335 g/mol. The molecule has 0 fully saturated rings. The van der Waals surface area contributed by atoms with Crippen LogP contribution in [0, 0.1) is 0 Å². The molecule has 0 heterocycles. The van der Waals surface area contributed by atoms with Crippen LogP contribution in [0.5, 0.6) is 17.2 Å². The summed E-state index contributed by atoms with van der Waals surface area (Å²) >= 11 is 5.75. The van der Waals surface area contributed by atoms with Gasteiger partial charge in [0, 0.05) is 10.6 Å². The van der Waals surface area contributed by atoms with Crippen LogP contribution in [0.4, 0.5) is 0 Å². The molecule has 0 atom stereocenters. The first-order valence-electron chi connectivity index (χ1n) is 6.69. The van der Waals surface area contributed by atoms with E-state index in [1.807, 2.05) is 0 Å². The third-order valence-electron chi connectivity index (χ3n) is 2.90. The van der Waals surface area contributed by atoms with Crippen LogP contribution in [0.15, 0.2) is 47.6 Å². The number of hydrazone groups is 1. The van der Waals surface area contributed by atoms with Crippen LogP contribution in [0.1, 0.15) is 12.5 Å². The van der Waals surface area contributed by atoms with Crippen LogP contribution < -0.4 is 10.2 Å². The largest absolute Gasteiger partial charge is 0.508 e. The van der Waals surface area contributed by atoms with Gasteiger partial charge in [0.15, 0.2) is 6.61 Å². The molecule has 2 aromatic carbocycles. The van der Waals surface area contributed by atoms with Crippen molar-refractivity contribution in [2.24, 2.45) is 5.10 Å². The lowest BCUT2D eigenvalue weighted by Crippen LogP contribution is -2.25. The Kier molecular flexibility index (Phi) is 5.43.